The normalized spacial score (nSPS) is 15.1. The summed E-state index contributed by atoms with van der Waals surface area (Å²) in [5, 5.41) is 0. The average molecular weight is 432 g/mol. The number of methoxy groups -OCH3 is 1. The third-order valence-electron chi connectivity index (χ3n) is 5.34. The van der Waals surface area contributed by atoms with Crippen molar-refractivity contribution >= 4 is 21.6 Å². The van der Waals surface area contributed by atoms with Crippen LogP contribution in [0.25, 0.3) is 0 Å². The van der Waals surface area contributed by atoms with E-state index in [9.17, 15) is 13.2 Å². The molecule has 0 N–H and O–H groups in total. The van der Waals surface area contributed by atoms with E-state index in [0.29, 0.717) is 24.4 Å². The van der Waals surface area contributed by atoms with Gasteiger partial charge in [0.2, 0.25) is 10.0 Å². The molecule has 0 aliphatic carbocycles. The van der Waals surface area contributed by atoms with Crippen LogP contribution in [0.2, 0.25) is 0 Å². The van der Waals surface area contributed by atoms with E-state index in [1.165, 1.54) is 11.4 Å². The van der Waals surface area contributed by atoms with E-state index in [4.69, 9.17) is 4.74 Å². The van der Waals surface area contributed by atoms with Crippen molar-refractivity contribution in [2.45, 2.75) is 18.2 Å². The van der Waals surface area contributed by atoms with Gasteiger partial charge in [0.25, 0.3) is 5.91 Å². The number of carbonyl (C=O) groups is 1. The molecule has 1 heterocycles. The monoisotopic (exact) mass is 431 g/mol. The van der Waals surface area contributed by atoms with Crippen LogP contribution in [0, 0.1) is 0 Å². The smallest absolute Gasteiger partial charge is 0.253 e. The second kappa shape index (κ2) is 9.49. The summed E-state index contributed by atoms with van der Waals surface area (Å²) in [7, 11) is -0.0181. The number of piperazine rings is 1. The van der Waals surface area contributed by atoms with Crippen molar-refractivity contribution in [3.05, 3.63) is 54.1 Å². The van der Waals surface area contributed by atoms with Crippen LogP contribution < -0.4 is 9.64 Å². The number of anilines is 1. The molecule has 0 atom stereocenters. The highest BCUT2D eigenvalue weighted by Crippen LogP contribution is 2.22. The summed E-state index contributed by atoms with van der Waals surface area (Å²) >= 11 is 0. The molecule has 30 heavy (non-hydrogen) atoms. The summed E-state index contributed by atoms with van der Waals surface area (Å²) in [6.07, 6.45) is 1.06. The number of sulfonamides is 1. The van der Waals surface area contributed by atoms with Crippen molar-refractivity contribution in [2.24, 2.45) is 0 Å². The summed E-state index contributed by atoms with van der Waals surface area (Å²) in [4.78, 5) is 16.9. The van der Waals surface area contributed by atoms with Crippen LogP contribution in [0.1, 0.15) is 23.7 Å². The molecule has 0 unspecified atom stereocenters. The molecule has 0 radical (unpaired) electrons. The van der Waals surface area contributed by atoms with E-state index < -0.39 is 10.0 Å². The first-order chi connectivity index (χ1) is 14.4. The second-order valence-electron chi connectivity index (χ2n) is 7.34. The number of ether oxygens (including phenoxy) is 1. The molecule has 1 aliphatic heterocycles. The van der Waals surface area contributed by atoms with Gasteiger partial charge in [-0.15, -0.1) is 0 Å². The Kier molecular flexibility index (Phi) is 6.99. The third kappa shape index (κ3) is 4.76. The van der Waals surface area contributed by atoms with Crippen LogP contribution in [-0.4, -0.2) is 70.4 Å². The van der Waals surface area contributed by atoms with Crippen LogP contribution >= 0.6 is 0 Å². The first-order valence-corrected chi connectivity index (χ1v) is 11.6. The van der Waals surface area contributed by atoms with Gasteiger partial charge in [0.1, 0.15) is 5.75 Å². The van der Waals surface area contributed by atoms with Crippen molar-refractivity contribution in [1.82, 2.24) is 9.21 Å². The highest BCUT2D eigenvalue weighted by Gasteiger charge is 2.30. The summed E-state index contributed by atoms with van der Waals surface area (Å²) < 4.78 is 32.2. The van der Waals surface area contributed by atoms with Gasteiger partial charge in [-0.3, -0.25) is 4.79 Å². The van der Waals surface area contributed by atoms with Gasteiger partial charge in [0.05, 0.1) is 12.0 Å². The predicted molar refractivity (Wildman–Crippen MR) is 118 cm³/mol. The van der Waals surface area contributed by atoms with Gasteiger partial charge in [0.15, 0.2) is 0 Å². The standard InChI is InChI=1S/C22H29N3O4S/c1-4-13-23(2)19-7-5-18(6-8-19)22(26)24-14-16-25(17-15-24)30(27,28)21-11-9-20(29-3)10-12-21/h5-12H,4,13-17H2,1-3H3. The van der Waals surface area contributed by atoms with Gasteiger partial charge < -0.3 is 14.5 Å². The number of nitrogens with zero attached hydrogens (tertiary/aromatic N) is 3. The van der Waals surface area contributed by atoms with Crippen molar-refractivity contribution in [3.63, 3.8) is 0 Å². The van der Waals surface area contributed by atoms with Gasteiger partial charge in [-0.25, -0.2) is 8.42 Å². The fourth-order valence-electron chi connectivity index (χ4n) is 3.53. The van der Waals surface area contributed by atoms with Gasteiger partial charge in [-0.1, -0.05) is 6.92 Å². The van der Waals surface area contributed by atoms with Crippen molar-refractivity contribution < 1.29 is 17.9 Å². The molecule has 1 saturated heterocycles. The Morgan fingerprint density at radius 2 is 1.60 bits per heavy atom. The molecule has 2 aromatic carbocycles. The highest BCUT2D eigenvalue weighted by molar-refractivity contribution is 7.89. The maximum atomic E-state index is 12.9. The van der Waals surface area contributed by atoms with E-state index in [1.54, 1.807) is 29.2 Å². The number of hydrogen-bond acceptors (Lipinski definition) is 5. The van der Waals surface area contributed by atoms with Gasteiger partial charge >= 0.3 is 0 Å². The fourth-order valence-corrected chi connectivity index (χ4v) is 4.96. The number of benzene rings is 2. The number of carbonyl (C=O) groups excluding carboxylic acids is 1. The van der Waals surface area contributed by atoms with E-state index in [1.807, 2.05) is 31.3 Å². The molecule has 0 bridgehead atoms. The molecular weight excluding hydrogens is 402 g/mol. The van der Waals surface area contributed by atoms with Crippen LogP contribution in [0.15, 0.2) is 53.4 Å². The summed E-state index contributed by atoms with van der Waals surface area (Å²) in [6, 6.07) is 13.9. The molecule has 1 fully saturated rings. The first-order valence-electron chi connectivity index (χ1n) is 10.1. The van der Waals surface area contributed by atoms with Crippen LogP contribution in [0.5, 0.6) is 5.75 Å². The molecular formula is C22H29N3O4S. The Hall–Kier alpha value is -2.58. The quantitative estimate of drug-likeness (QED) is 0.674. The zero-order valence-corrected chi connectivity index (χ0v) is 18.6. The molecule has 0 aromatic heterocycles. The lowest BCUT2D eigenvalue weighted by molar-refractivity contribution is 0.0698. The largest absolute Gasteiger partial charge is 0.497 e. The minimum absolute atomic E-state index is 0.0683. The Balaban J connectivity index is 1.62. The van der Waals surface area contributed by atoms with Gasteiger partial charge in [-0.05, 0) is 55.0 Å². The second-order valence-corrected chi connectivity index (χ2v) is 9.28. The molecule has 8 heteroatoms. The molecule has 0 saturated carbocycles. The van der Waals surface area contributed by atoms with Crippen molar-refractivity contribution in [1.29, 1.82) is 0 Å². The van der Waals surface area contributed by atoms with E-state index in [0.717, 1.165) is 18.7 Å². The van der Waals surface area contributed by atoms with Crippen molar-refractivity contribution in [2.75, 3.05) is 51.8 Å². The Labute approximate surface area is 178 Å². The van der Waals surface area contributed by atoms with Crippen molar-refractivity contribution in [3.8, 4) is 5.75 Å². The molecule has 0 spiro atoms. The minimum atomic E-state index is -3.59. The zero-order valence-electron chi connectivity index (χ0n) is 17.7. The van der Waals surface area contributed by atoms with Gasteiger partial charge in [-0.2, -0.15) is 4.31 Å². The SMILES string of the molecule is CCCN(C)c1ccc(C(=O)N2CCN(S(=O)(=O)c3ccc(OC)cc3)CC2)cc1. The Morgan fingerprint density at radius 1 is 1.00 bits per heavy atom. The summed E-state index contributed by atoms with van der Waals surface area (Å²) in [5.74, 6) is 0.539. The summed E-state index contributed by atoms with van der Waals surface area (Å²) in [5.41, 5.74) is 1.69. The lowest BCUT2D eigenvalue weighted by Crippen LogP contribution is -2.50. The predicted octanol–water partition coefficient (Wildman–Crippen LogP) is 2.69. The minimum Gasteiger partial charge on any atom is -0.497 e. The van der Waals surface area contributed by atoms with E-state index in [-0.39, 0.29) is 23.9 Å². The zero-order chi connectivity index (χ0) is 21.7. The number of rotatable bonds is 7. The first kappa shape index (κ1) is 22.1. The fraction of sp³-hybridized carbons (Fsp3) is 0.409. The molecule has 1 aliphatic rings. The molecule has 2 aromatic rings. The lowest BCUT2D eigenvalue weighted by Gasteiger charge is -2.34. The van der Waals surface area contributed by atoms with Crippen LogP contribution in [-0.2, 0) is 10.0 Å². The van der Waals surface area contributed by atoms with E-state index in [2.05, 4.69) is 11.8 Å². The van der Waals surface area contributed by atoms with Gasteiger partial charge in [0, 0.05) is 51.0 Å². The Morgan fingerprint density at radius 3 is 2.13 bits per heavy atom. The molecule has 7 nitrogen and oxygen atoms in total. The highest BCUT2D eigenvalue weighted by atomic mass is 32.2. The number of hydrogen-bond donors (Lipinski definition) is 0. The van der Waals surface area contributed by atoms with Crippen LogP contribution in [0.4, 0.5) is 5.69 Å². The molecule has 3 rings (SSSR count). The Bertz CT molecular complexity index is 951. The number of amides is 1. The van der Waals surface area contributed by atoms with Crippen LogP contribution in [0.3, 0.4) is 0 Å². The maximum absolute atomic E-state index is 12.9. The topological polar surface area (TPSA) is 70.2 Å². The maximum Gasteiger partial charge on any atom is 0.253 e. The summed E-state index contributed by atoms with van der Waals surface area (Å²) in [6.45, 7) is 4.37. The molecule has 1 amide bonds. The third-order valence-corrected chi connectivity index (χ3v) is 7.25. The lowest BCUT2D eigenvalue weighted by atomic mass is 10.1. The average Bonchev–Trinajstić information content (AvgIpc) is 2.79. The molecule has 162 valence electrons. The van der Waals surface area contributed by atoms with E-state index >= 15 is 0 Å².